The second-order valence-corrected chi connectivity index (χ2v) is 7.13. The second-order valence-electron chi connectivity index (χ2n) is 3.83. The molecule has 1 aliphatic carbocycles. The van der Waals surface area contributed by atoms with Crippen LogP contribution in [-0.4, -0.2) is 26.7 Å². The van der Waals surface area contributed by atoms with Crippen LogP contribution >= 0.6 is 0 Å². The third-order valence-corrected chi connectivity index (χ3v) is 0.586. The maximum absolute atomic E-state index is 6.94. The van der Waals surface area contributed by atoms with Crippen molar-refractivity contribution in [2.24, 2.45) is 0 Å². The summed E-state index contributed by atoms with van der Waals surface area (Å²) in [5.41, 5.74) is 6.69. The van der Waals surface area contributed by atoms with Crippen LogP contribution in [0.15, 0.2) is 18.2 Å². The molecule has 79 valence electrons. The van der Waals surface area contributed by atoms with Crippen molar-refractivity contribution in [3.8, 4) is 0 Å². The summed E-state index contributed by atoms with van der Waals surface area (Å²) in [4.78, 5) is 4.63. The number of allylic oxidation sites excluding steroid dienone is 4. The maximum atomic E-state index is 6.94. The molecule has 0 heterocycles. The van der Waals surface area contributed by atoms with Gasteiger partial charge in [-0.15, -0.1) is 12.0 Å². The van der Waals surface area contributed by atoms with Crippen LogP contribution in [-0.2, 0) is 26.2 Å². The molecule has 0 fully saturated rings. The van der Waals surface area contributed by atoms with Crippen LogP contribution in [0, 0.1) is 6.08 Å². The molecule has 1 rings (SSSR count). The van der Waals surface area contributed by atoms with Crippen LogP contribution < -0.4 is 0 Å². The van der Waals surface area contributed by atoms with Gasteiger partial charge in [-0.2, -0.15) is 6.08 Å². The molecule has 3 heteroatoms. The Morgan fingerprint density at radius 3 is 1.71 bits per heavy atom. The Balaban J connectivity index is -0.000000130. The Labute approximate surface area is 119 Å². The van der Waals surface area contributed by atoms with Gasteiger partial charge in [0.1, 0.15) is 0 Å². The monoisotopic (exact) mass is 378 g/mol. The molecule has 14 heavy (non-hydrogen) atoms. The third kappa shape index (κ3) is 51.4. The summed E-state index contributed by atoms with van der Waals surface area (Å²) in [6, 6.07) is 0. The first-order valence-electron chi connectivity index (χ1n) is 4.62. The van der Waals surface area contributed by atoms with Crippen LogP contribution in [0.2, 0.25) is 9.88 Å². The van der Waals surface area contributed by atoms with Gasteiger partial charge in [0.25, 0.3) is 0 Å². The molecule has 0 unspecified atom stereocenters. The van der Waals surface area contributed by atoms with Gasteiger partial charge >= 0.3 is 57.2 Å². The summed E-state index contributed by atoms with van der Waals surface area (Å²) in [6.45, 7) is 5.56. The molecule has 0 saturated carbocycles. The number of rotatable bonds is 0. The van der Waals surface area contributed by atoms with Crippen LogP contribution in [0.1, 0.15) is 27.2 Å². The number of hydrogen-bond donors (Lipinski definition) is 0. The van der Waals surface area contributed by atoms with Gasteiger partial charge in [-0.25, -0.2) is 12.2 Å². The maximum Gasteiger partial charge on any atom is 2.00 e. The van der Waals surface area contributed by atoms with Gasteiger partial charge in [0.05, 0.1) is 0 Å². The summed E-state index contributed by atoms with van der Waals surface area (Å²) in [5.74, 6) is 0. The molecule has 1 nitrogen and oxygen atoms in total. The van der Waals surface area contributed by atoms with Crippen LogP contribution in [0.5, 0.6) is 0 Å². The van der Waals surface area contributed by atoms with E-state index in [-0.39, 0.29) is 52.9 Å². The Morgan fingerprint density at radius 2 is 1.64 bits per heavy atom. The van der Waals surface area contributed by atoms with E-state index in [1.54, 1.807) is 0 Å². The largest absolute Gasteiger partial charge is 2.00 e. The van der Waals surface area contributed by atoms with Crippen molar-refractivity contribution in [2.45, 2.75) is 42.6 Å². The topological polar surface area (TPSA) is 23.8 Å². The van der Waals surface area contributed by atoms with Gasteiger partial charge in [0.2, 0.25) is 0 Å². The standard InChI is InChI=1S/C5H5.C4H10N.2CH3.Sn.Zr.H/c1-2-4-5-3-1;1-4(2,3)5;;;;;/h1-3H,4H2;5H,1-3H3;2*1H3;;;/q2*-1;;;;+2;. The minimum atomic E-state index is -0.250. The van der Waals surface area contributed by atoms with Gasteiger partial charge in [-0.1, -0.05) is 20.8 Å². The Morgan fingerprint density at radius 1 is 1.29 bits per heavy atom. The molecule has 1 aliphatic rings. The molecule has 0 aromatic carbocycles. The average Bonchev–Trinajstić information content (AvgIpc) is 2.36. The van der Waals surface area contributed by atoms with Crippen molar-refractivity contribution < 1.29 is 26.2 Å². The van der Waals surface area contributed by atoms with Gasteiger partial charge in [-0.3, -0.25) is 6.08 Å². The van der Waals surface area contributed by atoms with Crippen molar-refractivity contribution in [2.75, 3.05) is 0 Å². The Bertz CT molecular complexity index is 132. The normalized spacial score (nSPS) is 11.9. The Kier molecular flexibility index (Phi) is 20.7. The predicted octanol–water partition coefficient (Wildman–Crippen LogP) is 3.66. The molecule has 0 aromatic rings. The zero-order valence-electron chi connectivity index (χ0n) is 10.0. The number of nitrogens with one attached hydrogen (secondary N) is 1. The van der Waals surface area contributed by atoms with Gasteiger partial charge in [0.15, 0.2) is 0 Å². The molecular weight excluding hydrogens is 356 g/mol. The van der Waals surface area contributed by atoms with E-state index in [0.29, 0.717) is 0 Å². The Hall–Kier alpha value is 1.12. The molecule has 1 N–H and O–H groups in total. The van der Waals surface area contributed by atoms with Crippen LogP contribution in [0.4, 0.5) is 0 Å². The summed E-state index contributed by atoms with van der Waals surface area (Å²) in [7, 11) is 0. The SMILES string of the molecule is CC(C)(C)[NH-].[C-]1=CC=CC1.[CH3][SnH][CH3].[Zr+2]. The molecule has 1 radical (unpaired) electrons. The molecule has 0 bridgehead atoms. The molecule has 0 aliphatic heterocycles. The zero-order valence-corrected chi connectivity index (χ0v) is 15.8. The quantitative estimate of drug-likeness (QED) is 0.454. The molecular formula is C11H22NSnZr. The van der Waals surface area contributed by atoms with Crippen LogP contribution in [0.25, 0.3) is 5.73 Å². The third-order valence-electron chi connectivity index (χ3n) is 0.586. The van der Waals surface area contributed by atoms with E-state index in [1.165, 1.54) is 0 Å². The van der Waals surface area contributed by atoms with E-state index in [2.05, 4.69) is 22.0 Å². The molecule has 0 amide bonds. The van der Waals surface area contributed by atoms with E-state index in [4.69, 9.17) is 5.73 Å². The van der Waals surface area contributed by atoms with Crippen LogP contribution in [0.3, 0.4) is 0 Å². The van der Waals surface area contributed by atoms with E-state index in [0.717, 1.165) is 6.42 Å². The van der Waals surface area contributed by atoms with Crippen molar-refractivity contribution >= 4 is 21.1 Å². The smallest absolute Gasteiger partial charge is 2.00 e. The molecule has 0 spiro atoms. The first kappa shape index (κ1) is 20.5. The number of hydrogen-bond acceptors (Lipinski definition) is 0. The summed E-state index contributed by atoms with van der Waals surface area (Å²) >= 11 is 0.110. The summed E-state index contributed by atoms with van der Waals surface area (Å²) in [5, 5.41) is 0. The van der Waals surface area contributed by atoms with Crippen molar-refractivity contribution in [1.82, 2.24) is 0 Å². The minimum Gasteiger partial charge on any atom is 2.00 e. The van der Waals surface area contributed by atoms with E-state index in [1.807, 2.05) is 32.9 Å². The van der Waals surface area contributed by atoms with Crippen molar-refractivity contribution in [3.63, 3.8) is 0 Å². The van der Waals surface area contributed by atoms with E-state index >= 15 is 0 Å². The second kappa shape index (κ2) is 14.1. The van der Waals surface area contributed by atoms with Gasteiger partial charge < -0.3 is 5.73 Å². The van der Waals surface area contributed by atoms with Gasteiger partial charge in [0, 0.05) is 0 Å². The summed E-state index contributed by atoms with van der Waals surface area (Å²) < 4.78 is 0. The first-order chi connectivity index (χ1) is 5.91. The molecule has 0 atom stereocenters. The van der Waals surface area contributed by atoms with E-state index < -0.39 is 0 Å². The predicted molar refractivity (Wildman–Crippen MR) is 64.5 cm³/mol. The fourth-order valence-corrected chi connectivity index (χ4v) is 0.340. The minimum absolute atomic E-state index is 0. The summed E-state index contributed by atoms with van der Waals surface area (Å²) in [6.07, 6.45) is 10.0. The van der Waals surface area contributed by atoms with Crippen molar-refractivity contribution in [1.29, 1.82) is 0 Å². The fourth-order valence-electron chi connectivity index (χ4n) is 0.340. The van der Waals surface area contributed by atoms with Gasteiger partial charge in [-0.05, 0) is 0 Å². The fraction of sp³-hybridized carbons (Fsp3) is 0.636. The molecule has 0 aromatic heterocycles. The average molecular weight is 378 g/mol. The van der Waals surface area contributed by atoms with E-state index in [9.17, 15) is 0 Å². The molecule has 0 saturated heterocycles. The first-order valence-corrected chi connectivity index (χ1v) is 11.2. The van der Waals surface area contributed by atoms with Crippen molar-refractivity contribution in [3.05, 3.63) is 30.0 Å². The zero-order chi connectivity index (χ0) is 10.7.